The number of aliphatic hydroxyl groups is 1. The lowest BCUT2D eigenvalue weighted by atomic mass is 9.90. The van der Waals surface area contributed by atoms with Gasteiger partial charge in [-0.2, -0.15) is 5.26 Å². The molecular weight excluding hydrogens is 440 g/mol. The molecule has 0 unspecified atom stereocenters. The Balaban J connectivity index is 0.00000249. The number of rotatable bonds is 7. The molecule has 8 heteroatoms. The molecule has 2 aromatic heterocycles. The van der Waals surface area contributed by atoms with Crippen LogP contribution < -0.4 is 4.72 Å². The molecule has 0 atom stereocenters. The minimum absolute atomic E-state index is 0.100. The molecule has 0 radical (unpaired) electrons. The third kappa shape index (κ3) is 7.29. The Morgan fingerprint density at radius 3 is 2.31 bits per heavy atom. The first-order valence-electron chi connectivity index (χ1n) is 11.0. The van der Waals surface area contributed by atoms with Gasteiger partial charge in [0, 0.05) is 23.1 Å². The smallest absolute Gasteiger partial charge is 0.234 e. The summed E-state index contributed by atoms with van der Waals surface area (Å²) >= 11 is 2.68. The number of hydrogen-bond acceptors (Lipinski definition) is 7. The van der Waals surface area contributed by atoms with Crippen molar-refractivity contribution >= 4 is 29.2 Å². The zero-order valence-corrected chi connectivity index (χ0v) is 22.3. The molecule has 2 heterocycles. The monoisotopic (exact) mass is 476 g/mol. The maximum absolute atomic E-state index is 12.8. The quantitative estimate of drug-likeness (QED) is 0.487. The van der Waals surface area contributed by atoms with Crippen molar-refractivity contribution in [2.75, 3.05) is 0 Å². The number of aliphatic hydroxyl groups excluding tert-OH is 1. The highest BCUT2D eigenvalue weighted by atomic mass is 32.2. The van der Waals surface area contributed by atoms with E-state index in [1.165, 1.54) is 23.3 Å². The van der Waals surface area contributed by atoms with E-state index in [1.807, 2.05) is 27.7 Å². The van der Waals surface area contributed by atoms with Gasteiger partial charge < -0.3 is 5.11 Å². The Morgan fingerprint density at radius 2 is 1.84 bits per heavy atom. The number of amides is 1. The summed E-state index contributed by atoms with van der Waals surface area (Å²) in [6.45, 7) is 18.2. The van der Waals surface area contributed by atoms with Gasteiger partial charge in [0.1, 0.15) is 16.0 Å². The molecule has 0 saturated carbocycles. The summed E-state index contributed by atoms with van der Waals surface area (Å²) in [4.78, 5) is 21.8. The molecule has 1 amide bonds. The third-order valence-corrected chi connectivity index (χ3v) is 7.09. The molecule has 2 N–H and O–H groups in total. The number of nitrogens with zero attached hydrogens (tertiary/aromatic N) is 3. The zero-order valence-electron chi connectivity index (χ0n) is 20.7. The standard InChI is InChI=1S/C22H30N4O2S2.C2H6/c1-12(2)15-8-14(10-23)24-19(13(3)4)16(15)9-18(28)26-30-20-17(11-27)25-21(29-20)22(5,6)7;1-2/h8,12-13,27H,9,11H2,1-7H3,(H,26,28);1-2H3. The highest BCUT2D eigenvalue weighted by molar-refractivity contribution is 7.99. The van der Waals surface area contributed by atoms with E-state index in [4.69, 9.17) is 0 Å². The summed E-state index contributed by atoms with van der Waals surface area (Å²) in [5, 5.41) is 19.9. The van der Waals surface area contributed by atoms with Crippen molar-refractivity contribution in [1.29, 1.82) is 5.26 Å². The van der Waals surface area contributed by atoms with Gasteiger partial charge in [-0.15, -0.1) is 11.3 Å². The Hall–Kier alpha value is -1.95. The summed E-state index contributed by atoms with van der Waals surface area (Å²) in [7, 11) is 0. The molecule has 0 aliphatic heterocycles. The second-order valence-electron chi connectivity index (χ2n) is 8.85. The minimum Gasteiger partial charge on any atom is -0.390 e. The van der Waals surface area contributed by atoms with E-state index in [2.05, 4.69) is 55.4 Å². The van der Waals surface area contributed by atoms with Gasteiger partial charge >= 0.3 is 0 Å². The van der Waals surface area contributed by atoms with E-state index in [-0.39, 0.29) is 36.2 Å². The van der Waals surface area contributed by atoms with Gasteiger partial charge in [0.05, 0.1) is 23.7 Å². The summed E-state index contributed by atoms with van der Waals surface area (Å²) in [5.74, 6) is 0.123. The Morgan fingerprint density at radius 1 is 1.22 bits per heavy atom. The fraction of sp³-hybridized carbons (Fsp3) is 0.583. The number of nitrogens with one attached hydrogen (secondary N) is 1. The first kappa shape index (κ1) is 28.1. The van der Waals surface area contributed by atoms with E-state index in [1.54, 1.807) is 6.07 Å². The van der Waals surface area contributed by atoms with Gasteiger partial charge in [0.15, 0.2) is 0 Å². The van der Waals surface area contributed by atoms with Crippen LogP contribution in [0.2, 0.25) is 0 Å². The van der Waals surface area contributed by atoms with Crippen LogP contribution in [0.4, 0.5) is 0 Å². The Labute approximate surface area is 201 Å². The summed E-state index contributed by atoms with van der Waals surface area (Å²) < 4.78 is 3.69. The molecule has 0 aromatic carbocycles. The van der Waals surface area contributed by atoms with Gasteiger partial charge in [-0.3, -0.25) is 9.52 Å². The SMILES string of the molecule is CC.CC(C)c1cc(C#N)nc(C(C)C)c1CC(=O)NSc1sc(C(C)(C)C)nc1CO. The molecule has 32 heavy (non-hydrogen) atoms. The minimum atomic E-state index is -0.167. The first-order valence-corrected chi connectivity index (χ1v) is 12.6. The van der Waals surface area contributed by atoms with Crippen molar-refractivity contribution in [3.05, 3.63) is 39.3 Å². The van der Waals surface area contributed by atoms with Gasteiger partial charge in [0.2, 0.25) is 5.91 Å². The fourth-order valence-corrected chi connectivity index (χ4v) is 4.89. The van der Waals surface area contributed by atoms with Crippen molar-refractivity contribution in [1.82, 2.24) is 14.7 Å². The number of pyridine rings is 1. The molecule has 0 bridgehead atoms. The molecule has 0 fully saturated rings. The van der Waals surface area contributed by atoms with Crippen molar-refractivity contribution in [2.24, 2.45) is 0 Å². The highest BCUT2D eigenvalue weighted by Gasteiger charge is 2.23. The number of thiazole rings is 1. The zero-order chi connectivity index (χ0) is 24.6. The van der Waals surface area contributed by atoms with Gasteiger partial charge in [-0.05, 0) is 29.0 Å². The lowest BCUT2D eigenvalue weighted by Crippen LogP contribution is -2.21. The second-order valence-corrected chi connectivity index (χ2v) is 10.9. The average molecular weight is 477 g/mol. The maximum atomic E-state index is 12.8. The molecule has 2 aromatic rings. The highest BCUT2D eigenvalue weighted by Crippen LogP contribution is 2.34. The summed E-state index contributed by atoms with van der Waals surface area (Å²) in [6, 6.07) is 3.91. The van der Waals surface area contributed by atoms with Crippen molar-refractivity contribution in [3.63, 3.8) is 0 Å². The number of carbonyl (C=O) groups excluding carboxylic acids is 1. The second kappa shape index (κ2) is 12.3. The first-order chi connectivity index (χ1) is 15.0. The van der Waals surface area contributed by atoms with E-state index >= 15 is 0 Å². The van der Waals surface area contributed by atoms with Crippen LogP contribution in [-0.2, 0) is 23.2 Å². The lowest BCUT2D eigenvalue weighted by molar-refractivity contribution is -0.118. The van der Waals surface area contributed by atoms with Gasteiger partial charge in [-0.1, -0.05) is 62.3 Å². The summed E-state index contributed by atoms with van der Waals surface area (Å²) in [5.41, 5.74) is 3.51. The van der Waals surface area contributed by atoms with E-state index in [9.17, 15) is 15.2 Å². The van der Waals surface area contributed by atoms with Crippen molar-refractivity contribution < 1.29 is 9.90 Å². The molecule has 176 valence electrons. The van der Waals surface area contributed by atoms with E-state index < -0.39 is 0 Å². The molecule has 0 spiro atoms. The lowest BCUT2D eigenvalue weighted by Gasteiger charge is -2.19. The number of aromatic nitrogens is 2. The normalized spacial score (nSPS) is 11.2. The fourth-order valence-electron chi connectivity index (χ4n) is 2.99. The van der Waals surface area contributed by atoms with Crippen LogP contribution in [0.15, 0.2) is 10.3 Å². The Kier molecular flexibility index (Phi) is 10.8. The third-order valence-electron chi connectivity index (χ3n) is 4.52. The van der Waals surface area contributed by atoms with Crippen LogP contribution in [0.1, 0.15) is 107 Å². The molecule has 0 saturated heterocycles. The summed E-state index contributed by atoms with van der Waals surface area (Å²) in [6.07, 6.45) is 0.187. The van der Waals surface area contributed by atoms with E-state index in [0.29, 0.717) is 11.4 Å². The molecule has 6 nitrogen and oxygen atoms in total. The Bertz CT molecular complexity index is 925. The predicted molar refractivity (Wildman–Crippen MR) is 133 cm³/mol. The van der Waals surface area contributed by atoms with Crippen LogP contribution in [-0.4, -0.2) is 21.0 Å². The predicted octanol–water partition coefficient (Wildman–Crippen LogP) is 5.84. The molecule has 0 aliphatic carbocycles. The molecule has 0 aliphatic rings. The average Bonchev–Trinajstić information content (AvgIpc) is 3.17. The largest absolute Gasteiger partial charge is 0.390 e. The maximum Gasteiger partial charge on any atom is 0.234 e. The van der Waals surface area contributed by atoms with E-state index in [0.717, 1.165) is 26.0 Å². The van der Waals surface area contributed by atoms with Gasteiger partial charge in [0.25, 0.3) is 0 Å². The van der Waals surface area contributed by atoms with Crippen LogP contribution in [0.5, 0.6) is 0 Å². The van der Waals surface area contributed by atoms with Crippen LogP contribution in [0.3, 0.4) is 0 Å². The number of carbonyl (C=O) groups is 1. The number of nitriles is 1. The molecular formula is C24H36N4O2S2. The molecule has 2 rings (SSSR count). The van der Waals surface area contributed by atoms with Crippen molar-refractivity contribution in [2.45, 2.75) is 96.8 Å². The van der Waals surface area contributed by atoms with Crippen LogP contribution in [0.25, 0.3) is 0 Å². The van der Waals surface area contributed by atoms with Gasteiger partial charge in [-0.25, -0.2) is 9.97 Å². The van der Waals surface area contributed by atoms with Crippen LogP contribution >= 0.6 is 23.3 Å². The number of hydrogen-bond donors (Lipinski definition) is 2. The topological polar surface area (TPSA) is 98.9 Å². The van der Waals surface area contributed by atoms with Crippen molar-refractivity contribution in [3.8, 4) is 6.07 Å². The van der Waals surface area contributed by atoms with Crippen LogP contribution in [0, 0.1) is 11.3 Å².